The van der Waals surface area contributed by atoms with Crippen LogP contribution in [0.25, 0.3) is 0 Å². The van der Waals surface area contributed by atoms with E-state index in [9.17, 15) is 21.6 Å². The minimum absolute atomic E-state index is 0.0193. The summed E-state index contributed by atoms with van der Waals surface area (Å²) in [4.78, 5) is 3.80. The largest absolute Gasteiger partial charge is 0.418 e. The number of nitrogens with zero attached hydrogens (tertiary/aromatic N) is 2. The van der Waals surface area contributed by atoms with Gasteiger partial charge in [-0.2, -0.15) is 17.5 Å². The van der Waals surface area contributed by atoms with Gasteiger partial charge in [0.2, 0.25) is 10.0 Å². The van der Waals surface area contributed by atoms with E-state index in [-0.39, 0.29) is 22.2 Å². The van der Waals surface area contributed by atoms with Crippen LogP contribution in [0.5, 0.6) is 0 Å². The van der Waals surface area contributed by atoms with Crippen molar-refractivity contribution in [2.75, 3.05) is 18.4 Å². The third-order valence-electron chi connectivity index (χ3n) is 4.16. The Bertz CT molecular complexity index is 986. The predicted molar refractivity (Wildman–Crippen MR) is 112 cm³/mol. The van der Waals surface area contributed by atoms with E-state index in [1.54, 1.807) is 12.1 Å². The molecule has 0 radical (unpaired) electrons. The van der Waals surface area contributed by atoms with Gasteiger partial charge < -0.3 is 11.1 Å². The number of sulfonamides is 1. The second-order valence-corrected chi connectivity index (χ2v) is 8.44. The van der Waals surface area contributed by atoms with Gasteiger partial charge >= 0.3 is 6.18 Å². The van der Waals surface area contributed by atoms with E-state index in [0.29, 0.717) is 25.9 Å². The summed E-state index contributed by atoms with van der Waals surface area (Å²) in [5.41, 5.74) is 4.65. The number of alkyl halides is 3. The first kappa shape index (κ1) is 23.7. The molecule has 164 valence electrons. The lowest BCUT2D eigenvalue weighted by atomic mass is 10.2. The number of halogens is 3. The first-order valence-electron chi connectivity index (χ1n) is 9.47. The molecule has 6 nitrogen and oxygen atoms in total. The van der Waals surface area contributed by atoms with Crippen molar-refractivity contribution in [1.82, 2.24) is 4.31 Å². The molecule has 0 atom stereocenters. The highest BCUT2D eigenvalue weighted by Gasteiger charge is 2.33. The zero-order valence-electron chi connectivity index (χ0n) is 16.8. The topological polar surface area (TPSA) is 87.8 Å². The van der Waals surface area contributed by atoms with Gasteiger partial charge in [-0.25, -0.2) is 13.4 Å². The summed E-state index contributed by atoms with van der Waals surface area (Å²) in [6, 6.07) is 10.8. The molecule has 0 saturated heterocycles. The Morgan fingerprint density at radius 1 is 1.03 bits per heavy atom. The summed E-state index contributed by atoms with van der Waals surface area (Å²) in [5.74, 6) is -0.355. The lowest BCUT2D eigenvalue weighted by Gasteiger charge is -2.22. The number of hydrogen-bond acceptors (Lipinski definition) is 3. The Hall–Kier alpha value is -2.59. The monoisotopic (exact) mass is 442 g/mol. The van der Waals surface area contributed by atoms with Crippen LogP contribution < -0.4 is 11.1 Å². The second-order valence-electron chi connectivity index (χ2n) is 6.54. The fourth-order valence-corrected chi connectivity index (χ4v) is 4.66. The highest BCUT2D eigenvalue weighted by molar-refractivity contribution is 7.89. The molecule has 3 N–H and O–H groups in total. The van der Waals surface area contributed by atoms with Gasteiger partial charge in [-0.3, -0.25) is 0 Å². The maximum atomic E-state index is 13.2. The minimum atomic E-state index is -4.59. The van der Waals surface area contributed by atoms with E-state index in [1.807, 2.05) is 13.8 Å². The van der Waals surface area contributed by atoms with Crippen molar-refractivity contribution >= 4 is 27.4 Å². The van der Waals surface area contributed by atoms with Crippen molar-refractivity contribution in [2.45, 2.75) is 37.8 Å². The summed E-state index contributed by atoms with van der Waals surface area (Å²) in [6.07, 6.45) is -3.30. The number of para-hydroxylation sites is 2. The Morgan fingerprint density at radius 2 is 1.60 bits per heavy atom. The normalized spacial score (nSPS) is 12.9. The molecule has 0 saturated carbocycles. The standard InChI is InChI=1S/C20H25F3N4O2S/c1-3-13-27(14-4-2)30(28,29)18-12-8-7-11-17(18)26-19(24)25-16-10-6-5-9-15(16)20(21,22)23/h5-12H,3-4,13-14H2,1-2H3,(H3,24,25,26). The van der Waals surface area contributed by atoms with Crippen molar-refractivity contribution in [1.29, 1.82) is 0 Å². The number of anilines is 1. The highest BCUT2D eigenvalue weighted by Crippen LogP contribution is 2.36. The lowest BCUT2D eigenvalue weighted by Crippen LogP contribution is -2.33. The summed E-state index contributed by atoms with van der Waals surface area (Å²) in [6.45, 7) is 4.47. The van der Waals surface area contributed by atoms with E-state index in [4.69, 9.17) is 5.73 Å². The molecule has 0 bridgehead atoms. The van der Waals surface area contributed by atoms with Crippen LogP contribution in [0, 0.1) is 0 Å². The minimum Gasteiger partial charge on any atom is -0.369 e. The molecule has 0 spiro atoms. The van der Waals surface area contributed by atoms with E-state index < -0.39 is 21.8 Å². The SMILES string of the molecule is CCCN(CCC)S(=O)(=O)c1ccccc1NC(N)=Nc1ccccc1C(F)(F)F. The van der Waals surface area contributed by atoms with Crippen molar-refractivity contribution in [3.05, 3.63) is 54.1 Å². The average Bonchev–Trinajstić information content (AvgIpc) is 2.67. The lowest BCUT2D eigenvalue weighted by molar-refractivity contribution is -0.137. The third-order valence-corrected chi connectivity index (χ3v) is 6.12. The molecule has 0 aliphatic rings. The fraction of sp³-hybridized carbons (Fsp3) is 0.350. The molecule has 2 rings (SSSR count). The molecule has 2 aromatic carbocycles. The van der Waals surface area contributed by atoms with Crippen LogP contribution in [-0.4, -0.2) is 31.8 Å². The average molecular weight is 443 g/mol. The van der Waals surface area contributed by atoms with Crippen LogP contribution in [0.4, 0.5) is 24.5 Å². The summed E-state index contributed by atoms with van der Waals surface area (Å²) >= 11 is 0. The maximum absolute atomic E-state index is 13.2. The van der Waals surface area contributed by atoms with E-state index >= 15 is 0 Å². The van der Waals surface area contributed by atoms with Crippen LogP contribution in [0.2, 0.25) is 0 Å². The van der Waals surface area contributed by atoms with Crippen molar-refractivity contribution in [3.63, 3.8) is 0 Å². The Morgan fingerprint density at radius 3 is 2.20 bits per heavy atom. The van der Waals surface area contributed by atoms with Crippen LogP contribution in [0.3, 0.4) is 0 Å². The summed E-state index contributed by atoms with van der Waals surface area (Å²) in [5, 5.41) is 2.64. The van der Waals surface area contributed by atoms with Crippen LogP contribution in [0.1, 0.15) is 32.3 Å². The van der Waals surface area contributed by atoms with Gasteiger partial charge in [0.05, 0.1) is 16.9 Å². The van der Waals surface area contributed by atoms with Gasteiger partial charge in [-0.15, -0.1) is 0 Å². The summed E-state index contributed by atoms with van der Waals surface area (Å²) < 4.78 is 67.1. The molecule has 0 aliphatic heterocycles. The number of nitrogens with two attached hydrogens (primary N) is 1. The first-order valence-corrected chi connectivity index (χ1v) is 10.9. The molecule has 0 fully saturated rings. The van der Waals surface area contributed by atoms with E-state index in [2.05, 4.69) is 10.3 Å². The zero-order chi connectivity index (χ0) is 22.4. The van der Waals surface area contributed by atoms with Crippen LogP contribution in [0.15, 0.2) is 58.4 Å². The van der Waals surface area contributed by atoms with Gasteiger partial charge in [0, 0.05) is 13.1 Å². The molecule has 0 amide bonds. The molecule has 0 aliphatic carbocycles. The van der Waals surface area contributed by atoms with Gasteiger partial charge in [-0.05, 0) is 37.1 Å². The molecular weight excluding hydrogens is 417 g/mol. The number of hydrogen-bond donors (Lipinski definition) is 2. The Kier molecular flexibility index (Phi) is 7.85. The van der Waals surface area contributed by atoms with Crippen LogP contribution in [-0.2, 0) is 16.2 Å². The molecule has 0 unspecified atom stereocenters. The molecule has 0 aromatic heterocycles. The highest BCUT2D eigenvalue weighted by atomic mass is 32.2. The zero-order valence-corrected chi connectivity index (χ0v) is 17.6. The number of aliphatic imine (C=N–C) groups is 1. The predicted octanol–water partition coefficient (Wildman–Crippen LogP) is 4.57. The van der Waals surface area contributed by atoms with Gasteiger partial charge in [0.15, 0.2) is 5.96 Å². The quantitative estimate of drug-likeness (QED) is 0.463. The van der Waals surface area contributed by atoms with Crippen molar-refractivity contribution < 1.29 is 21.6 Å². The first-order chi connectivity index (χ1) is 14.1. The van der Waals surface area contributed by atoms with Gasteiger partial charge in [0.1, 0.15) is 4.90 Å². The van der Waals surface area contributed by atoms with Crippen molar-refractivity contribution in [3.8, 4) is 0 Å². The number of guanidine groups is 1. The molecular formula is C20H25F3N4O2S. The molecule has 30 heavy (non-hydrogen) atoms. The van der Waals surface area contributed by atoms with Crippen molar-refractivity contribution in [2.24, 2.45) is 10.7 Å². The molecule has 2 aromatic rings. The number of benzene rings is 2. The smallest absolute Gasteiger partial charge is 0.369 e. The summed E-state index contributed by atoms with van der Waals surface area (Å²) in [7, 11) is -3.83. The van der Waals surface area contributed by atoms with E-state index in [1.165, 1.54) is 34.6 Å². The number of rotatable bonds is 8. The maximum Gasteiger partial charge on any atom is 0.418 e. The molecule has 0 heterocycles. The van der Waals surface area contributed by atoms with Crippen LogP contribution >= 0.6 is 0 Å². The fourth-order valence-electron chi connectivity index (χ4n) is 2.89. The second kappa shape index (κ2) is 9.94. The van der Waals surface area contributed by atoms with Gasteiger partial charge in [-0.1, -0.05) is 38.1 Å². The van der Waals surface area contributed by atoms with E-state index in [0.717, 1.165) is 6.07 Å². The van der Waals surface area contributed by atoms with Gasteiger partial charge in [0.25, 0.3) is 0 Å². The Labute approximate surface area is 174 Å². The Balaban J connectivity index is 2.41. The molecule has 10 heteroatoms. The third kappa shape index (κ3) is 5.73. The number of nitrogens with one attached hydrogen (secondary N) is 1.